The van der Waals surface area contributed by atoms with Gasteiger partial charge in [0.05, 0.1) is 6.61 Å². The monoisotopic (exact) mass is 301 g/mol. The van der Waals surface area contributed by atoms with Gasteiger partial charge in [0.1, 0.15) is 5.75 Å². The summed E-state index contributed by atoms with van der Waals surface area (Å²) in [5, 5.41) is 3.88. The second kappa shape index (κ2) is 7.59. The molecule has 1 heterocycles. The molecule has 0 saturated heterocycles. The number of nitrogens with zero attached hydrogens (tertiary/aromatic N) is 2. The third-order valence-electron chi connectivity index (χ3n) is 2.91. The van der Waals surface area contributed by atoms with Crippen LogP contribution in [-0.2, 0) is 6.54 Å². The molecule has 4 nitrogen and oxygen atoms in total. The van der Waals surface area contributed by atoms with Crippen LogP contribution >= 0.6 is 12.2 Å². The van der Waals surface area contributed by atoms with Gasteiger partial charge in [-0.15, -0.1) is 0 Å². The Labute approximate surface area is 130 Å². The Morgan fingerprint density at radius 2 is 2.05 bits per heavy atom. The van der Waals surface area contributed by atoms with Crippen LogP contribution in [0.5, 0.6) is 5.75 Å². The van der Waals surface area contributed by atoms with Crippen LogP contribution in [0.4, 0.5) is 5.69 Å². The van der Waals surface area contributed by atoms with Crippen LogP contribution in [0.15, 0.2) is 48.8 Å². The van der Waals surface area contributed by atoms with E-state index >= 15 is 0 Å². The van der Waals surface area contributed by atoms with Gasteiger partial charge in [0, 0.05) is 31.7 Å². The third kappa shape index (κ3) is 4.72. The van der Waals surface area contributed by atoms with Gasteiger partial charge in [0.2, 0.25) is 0 Å². The third-order valence-corrected chi connectivity index (χ3v) is 3.32. The minimum absolute atomic E-state index is 0.666. The summed E-state index contributed by atoms with van der Waals surface area (Å²) < 4.78 is 5.41. The molecule has 5 heteroatoms. The summed E-state index contributed by atoms with van der Waals surface area (Å²) in [6.07, 6.45) is 3.61. The minimum Gasteiger partial charge on any atom is -0.494 e. The highest BCUT2D eigenvalue weighted by Crippen LogP contribution is 2.16. The maximum atomic E-state index is 5.41. The molecule has 0 fully saturated rings. The van der Waals surface area contributed by atoms with Gasteiger partial charge in [-0.3, -0.25) is 4.98 Å². The van der Waals surface area contributed by atoms with Gasteiger partial charge < -0.3 is 15.0 Å². The highest BCUT2D eigenvalue weighted by Gasteiger charge is 2.05. The Morgan fingerprint density at radius 3 is 2.67 bits per heavy atom. The van der Waals surface area contributed by atoms with Crippen LogP contribution in [0, 0.1) is 0 Å². The molecule has 2 aromatic rings. The van der Waals surface area contributed by atoms with E-state index in [-0.39, 0.29) is 0 Å². The van der Waals surface area contributed by atoms with Gasteiger partial charge in [-0.2, -0.15) is 0 Å². The highest BCUT2D eigenvalue weighted by molar-refractivity contribution is 7.80. The van der Waals surface area contributed by atoms with E-state index in [1.54, 1.807) is 6.20 Å². The van der Waals surface area contributed by atoms with Gasteiger partial charge in [-0.25, -0.2) is 0 Å². The van der Waals surface area contributed by atoms with Crippen molar-refractivity contribution in [3.05, 3.63) is 54.4 Å². The first-order valence-corrected chi connectivity index (χ1v) is 7.23. The Balaban J connectivity index is 1.91. The molecule has 0 radical (unpaired) electrons. The van der Waals surface area contributed by atoms with E-state index in [1.807, 2.05) is 61.5 Å². The summed E-state index contributed by atoms with van der Waals surface area (Å²) in [6.45, 7) is 3.35. The van der Waals surface area contributed by atoms with Crippen molar-refractivity contribution in [2.45, 2.75) is 13.5 Å². The number of thiocarbonyl (C=S) groups is 1. The maximum absolute atomic E-state index is 5.41. The van der Waals surface area contributed by atoms with Crippen LogP contribution in [0.1, 0.15) is 12.5 Å². The standard InChI is InChI=1S/C16H19N3OS/c1-3-20-15-8-6-14(7-9-15)18-16(21)19(2)12-13-5-4-10-17-11-13/h4-11H,3,12H2,1-2H3,(H,18,21). The fourth-order valence-electron chi connectivity index (χ4n) is 1.86. The number of hydrogen-bond acceptors (Lipinski definition) is 3. The van der Waals surface area contributed by atoms with Crippen LogP contribution in [0.3, 0.4) is 0 Å². The maximum Gasteiger partial charge on any atom is 0.173 e. The molecule has 21 heavy (non-hydrogen) atoms. The zero-order valence-electron chi connectivity index (χ0n) is 12.2. The molecule has 1 aromatic carbocycles. The summed E-state index contributed by atoms with van der Waals surface area (Å²) in [5.74, 6) is 0.859. The SMILES string of the molecule is CCOc1ccc(NC(=S)N(C)Cc2cccnc2)cc1. The Hall–Kier alpha value is -2.14. The molecule has 110 valence electrons. The largest absolute Gasteiger partial charge is 0.494 e. The molecule has 0 aliphatic heterocycles. The normalized spacial score (nSPS) is 10.0. The van der Waals surface area contributed by atoms with E-state index in [0.29, 0.717) is 11.7 Å². The van der Waals surface area contributed by atoms with E-state index in [1.165, 1.54) is 0 Å². The van der Waals surface area contributed by atoms with Gasteiger partial charge in [-0.1, -0.05) is 6.07 Å². The lowest BCUT2D eigenvalue weighted by molar-refractivity contribution is 0.340. The number of rotatable bonds is 5. The smallest absolute Gasteiger partial charge is 0.173 e. The van der Waals surface area contributed by atoms with Crippen molar-refractivity contribution in [1.82, 2.24) is 9.88 Å². The van der Waals surface area contributed by atoms with E-state index in [9.17, 15) is 0 Å². The zero-order chi connectivity index (χ0) is 15.1. The molecular formula is C16H19N3OS. The topological polar surface area (TPSA) is 37.4 Å². The average Bonchev–Trinajstić information content (AvgIpc) is 2.50. The fraction of sp³-hybridized carbons (Fsp3) is 0.250. The van der Waals surface area contributed by atoms with Crippen LogP contribution in [0.25, 0.3) is 0 Å². The lowest BCUT2D eigenvalue weighted by atomic mass is 10.3. The van der Waals surface area contributed by atoms with Crippen molar-refractivity contribution in [1.29, 1.82) is 0 Å². The summed E-state index contributed by atoms with van der Waals surface area (Å²) in [5.41, 5.74) is 2.07. The Kier molecular flexibility index (Phi) is 5.51. The van der Waals surface area contributed by atoms with Crippen molar-refractivity contribution in [2.24, 2.45) is 0 Å². The first-order valence-electron chi connectivity index (χ1n) is 6.83. The summed E-state index contributed by atoms with van der Waals surface area (Å²) in [7, 11) is 1.96. The van der Waals surface area contributed by atoms with Crippen LogP contribution in [0.2, 0.25) is 0 Å². The minimum atomic E-state index is 0.666. The Bertz CT molecular complexity index is 572. The second-order valence-corrected chi connectivity index (χ2v) is 4.99. The van der Waals surface area contributed by atoms with E-state index in [2.05, 4.69) is 10.3 Å². The van der Waals surface area contributed by atoms with E-state index in [0.717, 1.165) is 23.5 Å². The van der Waals surface area contributed by atoms with Gasteiger partial charge in [0.15, 0.2) is 5.11 Å². The predicted molar refractivity (Wildman–Crippen MR) is 89.5 cm³/mol. The average molecular weight is 301 g/mol. The molecule has 0 bridgehead atoms. The Morgan fingerprint density at radius 1 is 1.29 bits per heavy atom. The first kappa shape index (κ1) is 15.3. The number of aromatic nitrogens is 1. The molecule has 1 N–H and O–H groups in total. The number of ether oxygens (including phenoxy) is 1. The molecule has 0 aliphatic carbocycles. The van der Waals surface area contributed by atoms with Crippen LogP contribution in [-0.4, -0.2) is 28.7 Å². The summed E-state index contributed by atoms with van der Waals surface area (Å²) >= 11 is 5.41. The molecule has 0 spiro atoms. The predicted octanol–water partition coefficient (Wildman–Crippen LogP) is 3.31. The molecule has 0 atom stereocenters. The van der Waals surface area contributed by atoms with E-state index in [4.69, 9.17) is 17.0 Å². The van der Waals surface area contributed by atoms with Crippen molar-refractivity contribution in [3.8, 4) is 5.75 Å². The zero-order valence-corrected chi connectivity index (χ0v) is 13.1. The number of nitrogens with one attached hydrogen (secondary N) is 1. The lowest BCUT2D eigenvalue weighted by Crippen LogP contribution is -2.30. The molecular weight excluding hydrogens is 282 g/mol. The van der Waals surface area contributed by atoms with Crippen molar-refractivity contribution in [3.63, 3.8) is 0 Å². The molecule has 0 aliphatic rings. The first-order chi connectivity index (χ1) is 10.2. The van der Waals surface area contributed by atoms with Gasteiger partial charge in [0.25, 0.3) is 0 Å². The van der Waals surface area contributed by atoms with Crippen molar-refractivity contribution in [2.75, 3.05) is 19.0 Å². The second-order valence-electron chi connectivity index (χ2n) is 4.60. The van der Waals surface area contributed by atoms with Gasteiger partial charge in [-0.05, 0) is 55.0 Å². The molecule has 1 aromatic heterocycles. The quantitative estimate of drug-likeness (QED) is 0.858. The number of benzene rings is 1. The molecule has 0 amide bonds. The number of hydrogen-bond donors (Lipinski definition) is 1. The number of anilines is 1. The molecule has 0 unspecified atom stereocenters. The van der Waals surface area contributed by atoms with E-state index < -0.39 is 0 Å². The van der Waals surface area contributed by atoms with Crippen LogP contribution < -0.4 is 10.1 Å². The number of pyridine rings is 1. The highest BCUT2D eigenvalue weighted by atomic mass is 32.1. The van der Waals surface area contributed by atoms with Crippen molar-refractivity contribution < 1.29 is 4.74 Å². The summed E-state index contributed by atoms with van der Waals surface area (Å²) in [4.78, 5) is 6.08. The summed E-state index contributed by atoms with van der Waals surface area (Å²) in [6, 6.07) is 11.7. The lowest BCUT2D eigenvalue weighted by Gasteiger charge is -2.21. The molecule has 0 saturated carbocycles. The molecule has 2 rings (SSSR count). The van der Waals surface area contributed by atoms with Crippen molar-refractivity contribution >= 4 is 23.0 Å². The fourth-order valence-corrected chi connectivity index (χ4v) is 2.04. The van der Waals surface area contributed by atoms with Gasteiger partial charge >= 0.3 is 0 Å².